The number of para-hydroxylation sites is 1. The molecule has 0 aliphatic heterocycles. The molecule has 2 rings (SSSR count). The van der Waals surface area contributed by atoms with E-state index in [9.17, 15) is 0 Å². The lowest BCUT2D eigenvalue weighted by atomic mass is 10.3. The Morgan fingerprint density at radius 3 is 2.80 bits per heavy atom. The molecule has 0 fully saturated rings. The predicted molar refractivity (Wildman–Crippen MR) is 59.5 cm³/mol. The molecule has 2 N–H and O–H groups in total. The van der Waals surface area contributed by atoms with Crippen LogP contribution in [0.2, 0.25) is 0 Å². The minimum absolute atomic E-state index is 0.202. The number of halogens is 1. The smallest absolute Gasteiger partial charge is 0.173 e. The standard InChI is InChI=1S/C9H10BrN5/c1-6(11)9-12-13-14-15(9)8-5-3-2-4-7(8)10/h2-6H,11H2,1H3. The SMILES string of the molecule is CC(N)c1nnnn1-c1ccccc1Br. The van der Waals surface area contributed by atoms with E-state index in [-0.39, 0.29) is 6.04 Å². The zero-order valence-electron chi connectivity index (χ0n) is 8.13. The van der Waals surface area contributed by atoms with Crippen LogP contribution in [0, 0.1) is 0 Å². The van der Waals surface area contributed by atoms with Crippen LogP contribution in [0.25, 0.3) is 5.69 Å². The molecular weight excluding hydrogens is 258 g/mol. The maximum atomic E-state index is 5.77. The van der Waals surface area contributed by atoms with Gasteiger partial charge in [0.15, 0.2) is 5.82 Å². The maximum absolute atomic E-state index is 5.77. The van der Waals surface area contributed by atoms with Crippen molar-refractivity contribution in [1.29, 1.82) is 0 Å². The number of hydrogen-bond donors (Lipinski definition) is 1. The Bertz CT molecular complexity index is 465. The van der Waals surface area contributed by atoms with Gasteiger partial charge in [0.05, 0.1) is 11.7 Å². The predicted octanol–water partition coefficient (Wildman–Crippen LogP) is 1.44. The molecule has 1 heterocycles. The lowest BCUT2D eigenvalue weighted by Gasteiger charge is -2.07. The van der Waals surface area contributed by atoms with Crippen LogP contribution < -0.4 is 5.73 Å². The second kappa shape index (κ2) is 4.08. The molecule has 0 spiro atoms. The number of rotatable bonds is 2. The van der Waals surface area contributed by atoms with Gasteiger partial charge in [0.2, 0.25) is 0 Å². The van der Waals surface area contributed by atoms with Crippen LogP contribution in [0.1, 0.15) is 18.8 Å². The Morgan fingerprint density at radius 2 is 2.13 bits per heavy atom. The second-order valence-electron chi connectivity index (χ2n) is 3.19. The summed E-state index contributed by atoms with van der Waals surface area (Å²) in [5.41, 5.74) is 6.65. The number of benzene rings is 1. The molecule has 0 amide bonds. The number of tetrazole rings is 1. The number of hydrogen-bond acceptors (Lipinski definition) is 4. The highest BCUT2D eigenvalue weighted by Gasteiger charge is 2.13. The molecule has 78 valence electrons. The molecule has 0 bridgehead atoms. The van der Waals surface area contributed by atoms with Crippen molar-refractivity contribution in [3.05, 3.63) is 34.6 Å². The minimum atomic E-state index is -0.202. The minimum Gasteiger partial charge on any atom is -0.321 e. The summed E-state index contributed by atoms with van der Waals surface area (Å²) < 4.78 is 2.56. The Kier molecular flexibility index (Phi) is 2.79. The molecule has 1 unspecified atom stereocenters. The van der Waals surface area contributed by atoms with Gasteiger partial charge >= 0.3 is 0 Å². The molecule has 0 aliphatic rings. The molecule has 0 saturated heterocycles. The highest BCUT2D eigenvalue weighted by Crippen LogP contribution is 2.21. The summed E-state index contributed by atoms with van der Waals surface area (Å²) in [6, 6.07) is 7.51. The lowest BCUT2D eigenvalue weighted by molar-refractivity contribution is 0.687. The molecule has 15 heavy (non-hydrogen) atoms. The summed E-state index contributed by atoms with van der Waals surface area (Å²) in [4.78, 5) is 0. The molecule has 5 nitrogen and oxygen atoms in total. The van der Waals surface area contributed by atoms with Crippen molar-refractivity contribution in [2.24, 2.45) is 5.73 Å². The van der Waals surface area contributed by atoms with Gasteiger partial charge in [-0.05, 0) is 45.4 Å². The third-order valence-corrected chi connectivity index (χ3v) is 2.65. The maximum Gasteiger partial charge on any atom is 0.173 e. The molecule has 1 aromatic carbocycles. The van der Waals surface area contributed by atoms with Crippen molar-refractivity contribution in [1.82, 2.24) is 20.2 Å². The molecule has 6 heteroatoms. The van der Waals surface area contributed by atoms with Gasteiger partial charge in [0.25, 0.3) is 0 Å². The molecule has 0 aliphatic carbocycles. The van der Waals surface area contributed by atoms with E-state index in [1.807, 2.05) is 31.2 Å². The highest BCUT2D eigenvalue weighted by molar-refractivity contribution is 9.10. The van der Waals surface area contributed by atoms with E-state index in [2.05, 4.69) is 31.5 Å². The summed E-state index contributed by atoms with van der Waals surface area (Å²) in [6.45, 7) is 1.85. The zero-order valence-corrected chi connectivity index (χ0v) is 9.72. The molecule has 0 saturated carbocycles. The van der Waals surface area contributed by atoms with Crippen LogP contribution in [-0.4, -0.2) is 20.2 Å². The van der Waals surface area contributed by atoms with Gasteiger partial charge in [0, 0.05) is 4.47 Å². The second-order valence-corrected chi connectivity index (χ2v) is 4.04. The summed E-state index contributed by atoms with van der Waals surface area (Å²) in [7, 11) is 0. The topological polar surface area (TPSA) is 69.6 Å². The monoisotopic (exact) mass is 267 g/mol. The molecule has 2 aromatic rings. The summed E-state index contributed by atoms with van der Waals surface area (Å²) >= 11 is 3.44. The van der Waals surface area contributed by atoms with Crippen LogP contribution in [0.15, 0.2) is 28.7 Å². The summed E-state index contributed by atoms with van der Waals surface area (Å²) in [5, 5.41) is 11.4. The van der Waals surface area contributed by atoms with Gasteiger partial charge < -0.3 is 5.73 Å². The average Bonchev–Trinajstić information content (AvgIpc) is 2.67. The molecule has 1 atom stereocenters. The van der Waals surface area contributed by atoms with Crippen LogP contribution in [0.5, 0.6) is 0 Å². The fourth-order valence-electron chi connectivity index (χ4n) is 1.27. The fraction of sp³-hybridized carbons (Fsp3) is 0.222. The van der Waals surface area contributed by atoms with E-state index in [0.717, 1.165) is 10.2 Å². The fourth-order valence-corrected chi connectivity index (χ4v) is 1.73. The van der Waals surface area contributed by atoms with Crippen molar-refractivity contribution < 1.29 is 0 Å². The molecule has 1 aromatic heterocycles. The van der Waals surface area contributed by atoms with Crippen molar-refractivity contribution >= 4 is 15.9 Å². The Labute approximate surface area is 95.4 Å². The van der Waals surface area contributed by atoms with Crippen molar-refractivity contribution in [3.63, 3.8) is 0 Å². The lowest BCUT2D eigenvalue weighted by Crippen LogP contribution is -2.13. The van der Waals surface area contributed by atoms with Gasteiger partial charge in [0.1, 0.15) is 0 Å². The van der Waals surface area contributed by atoms with Gasteiger partial charge in [-0.2, -0.15) is 4.68 Å². The Hall–Kier alpha value is -1.27. The van der Waals surface area contributed by atoms with Crippen molar-refractivity contribution in [2.75, 3.05) is 0 Å². The van der Waals surface area contributed by atoms with E-state index in [4.69, 9.17) is 5.73 Å². The largest absolute Gasteiger partial charge is 0.321 e. The van der Waals surface area contributed by atoms with Gasteiger partial charge in [-0.15, -0.1) is 5.10 Å². The normalized spacial score (nSPS) is 12.7. The average molecular weight is 268 g/mol. The first kappa shape index (κ1) is 10.3. The molecule has 0 radical (unpaired) electrons. The third kappa shape index (κ3) is 1.91. The van der Waals surface area contributed by atoms with Gasteiger partial charge in [-0.25, -0.2) is 0 Å². The Morgan fingerprint density at radius 1 is 1.40 bits per heavy atom. The summed E-state index contributed by atoms with van der Waals surface area (Å²) in [5.74, 6) is 0.641. The Balaban J connectivity index is 2.55. The first-order chi connectivity index (χ1) is 7.20. The number of nitrogens with zero attached hydrogens (tertiary/aromatic N) is 4. The number of nitrogens with two attached hydrogens (primary N) is 1. The zero-order chi connectivity index (χ0) is 10.8. The van der Waals surface area contributed by atoms with E-state index < -0.39 is 0 Å². The van der Waals surface area contributed by atoms with Crippen LogP contribution in [0.4, 0.5) is 0 Å². The van der Waals surface area contributed by atoms with Crippen LogP contribution in [-0.2, 0) is 0 Å². The van der Waals surface area contributed by atoms with E-state index >= 15 is 0 Å². The van der Waals surface area contributed by atoms with Crippen molar-refractivity contribution in [3.8, 4) is 5.69 Å². The first-order valence-electron chi connectivity index (χ1n) is 4.49. The quantitative estimate of drug-likeness (QED) is 0.894. The van der Waals surface area contributed by atoms with Crippen LogP contribution >= 0.6 is 15.9 Å². The first-order valence-corrected chi connectivity index (χ1v) is 5.28. The number of aromatic nitrogens is 4. The van der Waals surface area contributed by atoms with Crippen molar-refractivity contribution in [2.45, 2.75) is 13.0 Å². The summed E-state index contributed by atoms with van der Waals surface area (Å²) in [6.07, 6.45) is 0. The van der Waals surface area contributed by atoms with E-state index in [0.29, 0.717) is 5.82 Å². The molecular formula is C9H10BrN5. The highest BCUT2D eigenvalue weighted by atomic mass is 79.9. The van der Waals surface area contributed by atoms with Gasteiger partial charge in [-0.3, -0.25) is 0 Å². The third-order valence-electron chi connectivity index (χ3n) is 1.98. The van der Waals surface area contributed by atoms with Crippen LogP contribution in [0.3, 0.4) is 0 Å². The van der Waals surface area contributed by atoms with Gasteiger partial charge in [-0.1, -0.05) is 12.1 Å². The van der Waals surface area contributed by atoms with E-state index in [1.54, 1.807) is 4.68 Å². The van der Waals surface area contributed by atoms with E-state index in [1.165, 1.54) is 0 Å².